The van der Waals surface area contributed by atoms with Crippen LogP contribution in [0.2, 0.25) is 5.02 Å². The normalized spacial score (nSPS) is 10.5. The fraction of sp³-hybridized carbons (Fsp3) is 0.0667. The molecular weight excluding hydrogens is 322 g/mol. The lowest BCUT2D eigenvalue weighted by atomic mass is 10.1. The van der Waals surface area contributed by atoms with Crippen LogP contribution in [0.4, 0.5) is 5.69 Å². The van der Waals surface area contributed by atoms with Crippen LogP contribution in [0.3, 0.4) is 0 Å². The van der Waals surface area contributed by atoms with Crippen molar-refractivity contribution in [2.45, 2.75) is 0 Å². The number of halogens is 1. The van der Waals surface area contributed by atoms with Gasteiger partial charge in [-0.3, -0.25) is 14.9 Å². The Morgan fingerprint density at radius 3 is 2.61 bits per heavy atom. The topological polar surface area (TPSA) is 93.8 Å². The van der Waals surface area contributed by atoms with E-state index in [1.165, 1.54) is 25.5 Å². The van der Waals surface area contributed by atoms with E-state index in [1.807, 2.05) is 0 Å². The van der Waals surface area contributed by atoms with Crippen LogP contribution in [0.15, 0.2) is 47.6 Å². The zero-order valence-electron chi connectivity index (χ0n) is 12.0. The molecule has 0 saturated carbocycles. The lowest BCUT2D eigenvalue weighted by Gasteiger charge is -2.06. The van der Waals surface area contributed by atoms with Crippen LogP contribution in [-0.4, -0.2) is 24.2 Å². The van der Waals surface area contributed by atoms with E-state index in [1.54, 1.807) is 24.3 Å². The fourth-order valence-corrected chi connectivity index (χ4v) is 1.89. The number of benzene rings is 2. The third-order valence-electron chi connectivity index (χ3n) is 2.89. The van der Waals surface area contributed by atoms with Gasteiger partial charge in [0.1, 0.15) is 5.75 Å². The highest BCUT2D eigenvalue weighted by Gasteiger charge is 2.17. The van der Waals surface area contributed by atoms with Gasteiger partial charge in [0, 0.05) is 17.2 Å². The molecule has 0 radical (unpaired) electrons. The molecule has 2 aromatic rings. The zero-order valence-corrected chi connectivity index (χ0v) is 12.8. The van der Waals surface area contributed by atoms with E-state index >= 15 is 0 Å². The summed E-state index contributed by atoms with van der Waals surface area (Å²) in [6.45, 7) is 0. The van der Waals surface area contributed by atoms with Crippen LogP contribution >= 0.6 is 11.6 Å². The predicted molar refractivity (Wildman–Crippen MR) is 86.2 cm³/mol. The number of carbonyl (C=O) groups is 1. The summed E-state index contributed by atoms with van der Waals surface area (Å²) in [6, 6.07) is 10.6. The molecule has 0 aromatic heterocycles. The predicted octanol–water partition coefficient (Wildman–Crippen LogP) is 3.02. The van der Waals surface area contributed by atoms with Crippen LogP contribution in [0.1, 0.15) is 15.9 Å². The van der Waals surface area contributed by atoms with Gasteiger partial charge in [-0.1, -0.05) is 23.7 Å². The van der Waals surface area contributed by atoms with Crippen LogP contribution in [0.25, 0.3) is 0 Å². The van der Waals surface area contributed by atoms with Crippen molar-refractivity contribution in [2.24, 2.45) is 5.10 Å². The Morgan fingerprint density at radius 1 is 1.30 bits per heavy atom. The summed E-state index contributed by atoms with van der Waals surface area (Å²) in [5, 5.41) is 15.2. The smallest absolute Gasteiger partial charge is 0.275 e. The minimum Gasteiger partial charge on any atom is -0.496 e. The number of nitrogens with one attached hydrogen (secondary N) is 1. The zero-order chi connectivity index (χ0) is 16.8. The van der Waals surface area contributed by atoms with Gasteiger partial charge in [0.05, 0.1) is 23.8 Å². The van der Waals surface area contributed by atoms with Crippen molar-refractivity contribution < 1.29 is 14.5 Å². The van der Waals surface area contributed by atoms with Crippen LogP contribution in [-0.2, 0) is 0 Å². The highest BCUT2D eigenvalue weighted by molar-refractivity contribution is 6.30. The maximum Gasteiger partial charge on any atom is 0.275 e. The van der Waals surface area contributed by atoms with Gasteiger partial charge < -0.3 is 4.74 Å². The molecule has 0 heterocycles. The number of hydrogen-bond acceptors (Lipinski definition) is 5. The molecule has 0 bridgehead atoms. The van der Waals surface area contributed by atoms with Crippen molar-refractivity contribution in [3.05, 3.63) is 68.7 Å². The summed E-state index contributed by atoms with van der Waals surface area (Å²) in [5.74, 6) is -0.398. The molecule has 0 spiro atoms. The third-order valence-corrected chi connectivity index (χ3v) is 3.14. The second-order valence-electron chi connectivity index (χ2n) is 4.39. The van der Waals surface area contributed by atoms with Gasteiger partial charge in [-0.05, 0) is 23.8 Å². The van der Waals surface area contributed by atoms with Crippen LogP contribution < -0.4 is 10.2 Å². The third kappa shape index (κ3) is 4.27. The highest BCUT2D eigenvalue weighted by Crippen LogP contribution is 2.23. The molecular formula is C15H12ClN3O4. The van der Waals surface area contributed by atoms with Crippen LogP contribution in [0.5, 0.6) is 5.75 Å². The largest absolute Gasteiger partial charge is 0.496 e. The minimum absolute atomic E-state index is 0.0231. The number of amides is 1. The minimum atomic E-state index is -0.615. The quantitative estimate of drug-likeness (QED) is 0.517. The number of nitro groups is 1. The number of carbonyl (C=O) groups excluding carboxylic acids is 1. The van der Waals surface area contributed by atoms with Gasteiger partial charge in [0.2, 0.25) is 0 Å². The molecule has 0 saturated heterocycles. The molecule has 1 amide bonds. The maximum atomic E-state index is 12.1. The highest BCUT2D eigenvalue weighted by atomic mass is 35.5. The van der Waals surface area contributed by atoms with Gasteiger partial charge in [-0.15, -0.1) is 0 Å². The van der Waals surface area contributed by atoms with E-state index in [0.29, 0.717) is 5.02 Å². The molecule has 2 aromatic carbocycles. The van der Waals surface area contributed by atoms with Crippen LogP contribution in [0, 0.1) is 10.1 Å². The van der Waals surface area contributed by atoms with E-state index in [2.05, 4.69) is 10.5 Å². The van der Waals surface area contributed by atoms with Crippen molar-refractivity contribution in [2.75, 3.05) is 7.11 Å². The molecule has 1 N–H and O–H groups in total. The first-order valence-corrected chi connectivity index (χ1v) is 6.80. The molecule has 0 atom stereocenters. The summed E-state index contributed by atoms with van der Waals surface area (Å²) in [4.78, 5) is 22.3. The Balaban J connectivity index is 2.15. The first kappa shape index (κ1) is 16.4. The van der Waals surface area contributed by atoms with E-state index in [4.69, 9.17) is 16.3 Å². The Hall–Kier alpha value is -2.93. The Bertz CT molecular complexity index is 760. The fourth-order valence-electron chi connectivity index (χ4n) is 1.76. The number of non-ortho nitro benzene ring substituents is 1. The first-order chi connectivity index (χ1) is 11.0. The molecule has 118 valence electrons. The molecule has 0 aliphatic heterocycles. The molecule has 0 fully saturated rings. The molecule has 0 aliphatic carbocycles. The number of ether oxygens (including phenoxy) is 1. The van der Waals surface area contributed by atoms with Gasteiger partial charge in [0.15, 0.2) is 0 Å². The lowest BCUT2D eigenvalue weighted by molar-refractivity contribution is -0.384. The van der Waals surface area contributed by atoms with Gasteiger partial charge in [0.25, 0.3) is 11.6 Å². The van der Waals surface area contributed by atoms with E-state index in [-0.39, 0.29) is 17.0 Å². The lowest BCUT2D eigenvalue weighted by Crippen LogP contribution is -2.18. The summed E-state index contributed by atoms with van der Waals surface area (Å²) in [7, 11) is 1.37. The van der Waals surface area contributed by atoms with E-state index < -0.39 is 10.8 Å². The second-order valence-corrected chi connectivity index (χ2v) is 4.83. The van der Waals surface area contributed by atoms with Crippen molar-refractivity contribution in [1.29, 1.82) is 0 Å². The molecule has 2 rings (SSSR count). The number of hydrazone groups is 1. The summed E-state index contributed by atoms with van der Waals surface area (Å²) >= 11 is 5.77. The van der Waals surface area contributed by atoms with Crippen molar-refractivity contribution in [3.63, 3.8) is 0 Å². The monoisotopic (exact) mass is 333 g/mol. The molecule has 7 nitrogen and oxygen atoms in total. The molecule has 23 heavy (non-hydrogen) atoms. The second kappa shape index (κ2) is 7.37. The molecule has 0 aliphatic rings. The average Bonchev–Trinajstić information content (AvgIpc) is 2.55. The van der Waals surface area contributed by atoms with Gasteiger partial charge in [-0.2, -0.15) is 5.10 Å². The SMILES string of the molecule is COc1ccc([N+](=O)[O-])cc1C(=O)N/N=C\c1ccc(Cl)cc1. The van der Waals surface area contributed by atoms with E-state index in [0.717, 1.165) is 11.6 Å². The number of methoxy groups -OCH3 is 1. The first-order valence-electron chi connectivity index (χ1n) is 6.42. The standard InChI is InChI=1S/C15H12ClN3O4/c1-23-14-7-6-12(19(21)22)8-13(14)15(20)18-17-9-10-2-4-11(16)5-3-10/h2-9H,1H3,(H,18,20)/b17-9-. The average molecular weight is 334 g/mol. The Morgan fingerprint density at radius 2 is 2.00 bits per heavy atom. The van der Waals surface area contributed by atoms with Crippen molar-refractivity contribution in [1.82, 2.24) is 5.43 Å². The van der Waals surface area contributed by atoms with Gasteiger partial charge >= 0.3 is 0 Å². The van der Waals surface area contributed by atoms with Gasteiger partial charge in [-0.25, -0.2) is 5.43 Å². The number of rotatable bonds is 5. The molecule has 8 heteroatoms. The van der Waals surface area contributed by atoms with Crippen molar-refractivity contribution >= 4 is 29.4 Å². The number of nitrogens with zero attached hydrogens (tertiary/aromatic N) is 2. The van der Waals surface area contributed by atoms with E-state index in [9.17, 15) is 14.9 Å². The van der Waals surface area contributed by atoms with Crippen molar-refractivity contribution in [3.8, 4) is 5.75 Å². The summed E-state index contributed by atoms with van der Waals surface area (Å²) in [6.07, 6.45) is 1.43. The number of hydrogen-bond donors (Lipinski definition) is 1. The summed E-state index contributed by atoms with van der Waals surface area (Å²) < 4.78 is 5.03. The maximum absolute atomic E-state index is 12.1. The molecule has 0 unspecified atom stereocenters. The Kier molecular flexibility index (Phi) is 5.27. The number of nitro benzene ring substituents is 1. The summed E-state index contributed by atoms with van der Waals surface area (Å²) in [5.41, 5.74) is 2.85. The Labute approximate surface area is 136 Å².